The number of anilines is 2. The van der Waals surface area contributed by atoms with Gasteiger partial charge >= 0.3 is 0 Å². The van der Waals surface area contributed by atoms with Crippen molar-refractivity contribution in [3.63, 3.8) is 0 Å². The lowest BCUT2D eigenvalue weighted by Gasteiger charge is -2.12. The van der Waals surface area contributed by atoms with Crippen LogP contribution in [0.4, 0.5) is 11.6 Å². The molecular formula is C20H22N4O3. The molecule has 2 aliphatic rings. The van der Waals surface area contributed by atoms with Gasteiger partial charge in [0.15, 0.2) is 11.5 Å². The number of carbonyl (C=O) groups excluding carboxylic acids is 1. The maximum Gasteiger partial charge on any atom is 0.258 e. The quantitative estimate of drug-likeness (QED) is 0.757. The summed E-state index contributed by atoms with van der Waals surface area (Å²) >= 11 is 0. The molecule has 2 heterocycles. The lowest BCUT2D eigenvalue weighted by molar-refractivity contribution is 0.102. The first-order valence-electron chi connectivity index (χ1n) is 9.23. The number of carbonyl (C=O) groups is 1. The van der Waals surface area contributed by atoms with Crippen LogP contribution in [-0.2, 0) is 0 Å². The van der Waals surface area contributed by atoms with Crippen molar-refractivity contribution in [3.8, 4) is 11.5 Å². The zero-order valence-electron chi connectivity index (χ0n) is 15.0. The van der Waals surface area contributed by atoms with Gasteiger partial charge in [0, 0.05) is 30.7 Å². The minimum Gasteiger partial charge on any atom is -0.454 e. The number of nitrogens with one attached hydrogen (secondary N) is 2. The van der Waals surface area contributed by atoms with E-state index in [-0.39, 0.29) is 12.7 Å². The minimum absolute atomic E-state index is 0.201. The number of allylic oxidation sites excluding steroid dienone is 1. The van der Waals surface area contributed by atoms with Crippen molar-refractivity contribution < 1.29 is 14.3 Å². The molecule has 0 radical (unpaired) electrons. The summed E-state index contributed by atoms with van der Waals surface area (Å²) in [7, 11) is 0. The Morgan fingerprint density at radius 1 is 1.11 bits per heavy atom. The molecule has 0 saturated heterocycles. The molecule has 0 atom stereocenters. The summed E-state index contributed by atoms with van der Waals surface area (Å²) in [6.07, 6.45) is 11.4. The van der Waals surface area contributed by atoms with Gasteiger partial charge < -0.3 is 20.1 Å². The Balaban J connectivity index is 1.30. The number of amides is 1. The molecule has 0 fully saturated rings. The number of ether oxygens (including phenoxy) is 2. The largest absolute Gasteiger partial charge is 0.454 e. The van der Waals surface area contributed by atoms with E-state index in [0.29, 0.717) is 28.7 Å². The molecule has 4 rings (SSSR count). The van der Waals surface area contributed by atoms with E-state index in [2.05, 4.69) is 26.7 Å². The van der Waals surface area contributed by atoms with Gasteiger partial charge in [-0.3, -0.25) is 4.79 Å². The number of hydrogen-bond donors (Lipinski definition) is 2. The molecule has 1 aromatic heterocycles. The monoisotopic (exact) mass is 366 g/mol. The Kier molecular flexibility index (Phi) is 5.18. The molecule has 7 heteroatoms. The fraction of sp³-hybridized carbons (Fsp3) is 0.350. The topological polar surface area (TPSA) is 85.4 Å². The standard InChI is InChI=1S/C20H22N4O3/c25-19(24-16-6-7-17-18(10-16)27-13-26-17)15-11-22-20(23-12-15)21-9-8-14-4-2-1-3-5-14/h4,6-7,10-12H,1-3,5,8-9,13H2,(H,24,25)(H,21,22,23). The van der Waals surface area contributed by atoms with E-state index in [0.717, 1.165) is 13.0 Å². The van der Waals surface area contributed by atoms with Gasteiger partial charge in [0.05, 0.1) is 5.56 Å². The fourth-order valence-electron chi connectivity index (χ4n) is 3.18. The first kappa shape index (κ1) is 17.3. The normalized spacial score (nSPS) is 15.2. The SMILES string of the molecule is O=C(Nc1ccc2c(c1)OCO2)c1cnc(NCCC2=CCCCC2)nc1. The fourth-order valence-corrected chi connectivity index (χ4v) is 3.18. The predicted molar refractivity (Wildman–Crippen MR) is 102 cm³/mol. The number of nitrogens with zero attached hydrogens (tertiary/aromatic N) is 2. The van der Waals surface area contributed by atoms with Crippen molar-refractivity contribution in [3.05, 3.63) is 47.8 Å². The van der Waals surface area contributed by atoms with Crippen LogP contribution in [0.3, 0.4) is 0 Å². The molecule has 0 bridgehead atoms. The maximum atomic E-state index is 12.4. The average Bonchev–Trinajstić information content (AvgIpc) is 3.17. The van der Waals surface area contributed by atoms with E-state index in [1.54, 1.807) is 18.2 Å². The van der Waals surface area contributed by atoms with Crippen molar-refractivity contribution in [1.82, 2.24) is 9.97 Å². The lowest BCUT2D eigenvalue weighted by Crippen LogP contribution is -2.14. The number of aromatic nitrogens is 2. The van der Waals surface area contributed by atoms with Crippen LogP contribution in [-0.4, -0.2) is 29.2 Å². The Bertz CT molecular complexity index is 849. The molecule has 0 unspecified atom stereocenters. The average molecular weight is 366 g/mol. The molecule has 27 heavy (non-hydrogen) atoms. The molecule has 140 valence electrons. The van der Waals surface area contributed by atoms with Gasteiger partial charge in [-0.1, -0.05) is 11.6 Å². The minimum atomic E-state index is -0.271. The van der Waals surface area contributed by atoms with Gasteiger partial charge in [-0.05, 0) is 44.2 Å². The molecule has 0 saturated carbocycles. The summed E-state index contributed by atoms with van der Waals surface area (Å²) in [5, 5.41) is 6.02. The predicted octanol–water partition coefficient (Wildman–Crippen LogP) is 3.76. The third kappa shape index (κ3) is 4.36. The maximum absolute atomic E-state index is 12.4. The van der Waals surface area contributed by atoms with Crippen LogP contribution >= 0.6 is 0 Å². The van der Waals surface area contributed by atoms with Gasteiger partial charge in [0.2, 0.25) is 12.7 Å². The van der Waals surface area contributed by atoms with Crippen LogP contribution < -0.4 is 20.1 Å². The second-order valence-electron chi connectivity index (χ2n) is 6.60. The van der Waals surface area contributed by atoms with Gasteiger partial charge in [-0.25, -0.2) is 9.97 Å². The summed E-state index contributed by atoms with van der Waals surface area (Å²) in [6.45, 7) is 1.00. The van der Waals surface area contributed by atoms with Crippen molar-refractivity contribution in [1.29, 1.82) is 0 Å². The highest BCUT2D eigenvalue weighted by molar-refractivity contribution is 6.04. The van der Waals surface area contributed by atoms with E-state index >= 15 is 0 Å². The van der Waals surface area contributed by atoms with E-state index in [9.17, 15) is 4.79 Å². The van der Waals surface area contributed by atoms with Crippen molar-refractivity contribution in [2.24, 2.45) is 0 Å². The highest BCUT2D eigenvalue weighted by Crippen LogP contribution is 2.34. The molecule has 7 nitrogen and oxygen atoms in total. The Hall–Kier alpha value is -3.09. The van der Waals surface area contributed by atoms with Crippen molar-refractivity contribution >= 4 is 17.5 Å². The van der Waals surface area contributed by atoms with E-state index in [4.69, 9.17) is 9.47 Å². The number of fused-ring (bicyclic) bond motifs is 1. The second kappa shape index (κ2) is 8.07. The molecule has 2 aromatic rings. The molecule has 1 amide bonds. The zero-order valence-corrected chi connectivity index (χ0v) is 15.0. The van der Waals surface area contributed by atoms with E-state index < -0.39 is 0 Å². The molecule has 1 aliphatic heterocycles. The molecule has 1 aromatic carbocycles. The number of hydrogen-bond acceptors (Lipinski definition) is 6. The van der Waals surface area contributed by atoms with Gasteiger partial charge in [-0.15, -0.1) is 0 Å². The van der Waals surface area contributed by atoms with Gasteiger partial charge in [0.25, 0.3) is 5.91 Å². The Morgan fingerprint density at radius 2 is 1.96 bits per heavy atom. The second-order valence-corrected chi connectivity index (χ2v) is 6.60. The summed E-state index contributed by atoms with van der Waals surface area (Å²) < 4.78 is 10.6. The summed E-state index contributed by atoms with van der Waals surface area (Å²) in [6, 6.07) is 5.27. The highest BCUT2D eigenvalue weighted by Gasteiger charge is 2.15. The molecule has 0 spiro atoms. The van der Waals surface area contributed by atoms with Crippen molar-refractivity contribution in [2.45, 2.75) is 32.1 Å². The number of benzene rings is 1. The smallest absolute Gasteiger partial charge is 0.258 e. The first-order valence-corrected chi connectivity index (χ1v) is 9.23. The first-order chi connectivity index (χ1) is 13.3. The van der Waals surface area contributed by atoms with E-state index in [1.807, 2.05) is 0 Å². The highest BCUT2D eigenvalue weighted by atomic mass is 16.7. The number of rotatable bonds is 6. The molecular weight excluding hydrogens is 344 g/mol. The van der Waals surface area contributed by atoms with Crippen LogP contribution in [0.25, 0.3) is 0 Å². The zero-order chi connectivity index (χ0) is 18.5. The summed E-state index contributed by atoms with van der Waals surface area (Å²) in [5.41, 5.74) is 2.54. The molecule has 1 aliphatic carbocycles. The van der Waals surface area contributed by atoms with Crippen LogP contribution in [0.2, 0.25) is 0 Å². The third-order valence-electron chi connectivity index (χ3n) is 4.66. The van der Waals surface area contributed by atoms with Crippen molar-refractivity contribution in [2.75, 3.05) is 24.0 Å². The Morgan fingerprint density at radius 3 is 2.78 bits per heavy atom. The van der Waals surface area contributed by atoms with Crippen LogP contribution in [0, 0.1) is 0 Å². The summed E-state index contributed by atoms with van der Waals surface area (Å²) in [4.78, 5) is 20.8. The van der Waals surface area contributed by atoms with Crippen LogP contribution in [0.5, 0.6) is 11.5 Å². The van der Waals surface area contributed by atoms with Gasteiger partial charge in [0.1, 0.15) is 0 Å². The van der Waals surface area contributed by atoms with Crippen LogP contribution in [0.1, 0.15) is 42.5 Å². The van der Waals surface area contributed by atoms with Gasteiger partial charge in [-0.2, -0.15) is 0 Å². The molecule has 2 N–H and O–H groups in total. The van der Waals surface area contributed by atoms with E-state index in [1.165, 1.54) is 43.7 Å². The third-order valence-corrected chi connectivity index (χ3v) is 4.66. The lowest BCUT2D eigenvalue weighted by atomic mass is 9.97. The Labute approximate surface area is 157 Å². The summed E-state index contributed by atoms with van der Waals surface area (Å²) in [5.74, 6) is 1.56. The van der Waals surface area contributed by atoms with Crippen LogP contribution in [0.15, 0.2) is 42.2 Å².